The molecule has 2 rings (SSSR count). The largest absolute Gasteiger partial charge is 0.355 e. The van der Waals surface area contributed by atoms with Crippen LogP contribution in [0.15, 0.2) is 17.0 Å². The molecular formula is C11H17BrN4. The van der Waals surface area contributed by atoms with Crippen LogP contribution in [0.3, 0.4) is 0 Å². The lowest BCUT2D eigenvalue weighted by Crippen LogP contribution is -2.38. The molecule has 0 radical (unpaired) electrons. The van der Waals surface area contributed by atoms with Crippen LogP contribution in [0.1, 0.15) is 19.3 Å². The monoisotopic (exact) mass is 284 g/mol. The summed E-state index contributed by atoms with van der Waals surface area (Å²) in [5.74, 6) is 1.55. The number of nitrogens with two attached hydrogens (primary N) is 1. The van der Waals surface area contributed by atoms with Crippen LogP contribution < -0.4 is 10.6 Å². The van der Waals surface area contributed by atoms with Crippen molar-refractivity contribution < 1.29 is 0 Å². The van der Waals surface area contributed by atoms with Crippen LogP contribution in [0.25, 0.3) is 0 Å². The lowest BCUT2D eigenvalue weighted by Gasteiger charge is -2.30. The number of rotatable bonds is 3. The summed E-state index contributed by atoms with van der Waals surface area (Å²) in [6, 6.07) is 0.510. The summed E-state index contributed by atoms with van der Waals surface area (Å²) in [5, 5.41) is 0. The predicted octanol–water partition coefficient (Wildman–Crippen LogP) is 1.80. The molecule has 1 heterocycles. The molecule has 1 aromatic heterocycles. The van der Waals surface area contributed by atoms with Gasteiger partial charge in [-0.05, 0) is 41.2 Å². The van der Waals surface area contributed by atoms with E-state index < -0.39 is 0 Å². The number of hydrogen-bond donors (Lipinski definition) is 1. The van der Waals surface area contributed by atoms with E-state index in [1.165, 1.54) is 19.3 Å². The molecular weight excluding hydrogens is 268 g/mol. The van der Waals surface area contributed by atoms with E-state index in [9.17, 15) is 0 Å². The summed E-state index contributed by atoms with van der Waals surface area (Å²) in [4.78, 5) is 10.5. The van der Waals surface area contributed by atoms with Crippen molar-refractivity contribution in [3.63, 3.8) is 0 Å². The fourth-order valence-electron chi connectivity index (χ4n) is 2.52. The highest BCUT2D eigenvalue weighted by Crippen LogP contribution is 2.32. The van der Waals surface area contributed by atoms with Gasteiger partial charge in [-0.25, -0.2) is 9.97 Å². The maximum Gasteiger partial charge on any atom is 0.146 e. The third-order valence-electron chi connectivity index (χ3n) is 3.40. The summed E-state index contributed by atoms with van der Waals surface area (Å²) in [6.07, 6.45) is 7.07. The Labute approximate surface area is 104 Å². The molecule has 0 spiro atoms. The van der Waals surface area contributed by atoms with Gasteiger partial charge in [0.05, 0.1) is 4.47 Å². The van der Waals surface area contributed by atoms with E-state index in [4.69, 9.17) is 5.73 Å². The van der Waals surface area contributed by atoms with Gasteiger partial charge in [0.15, 0.2) is 0 Å². The normalized spacial score (nSPS) is 24.7. The minimum Gasteiger partial charge on any atom is -0.355 e. The fraction of sp³-hybridized carbons (Fsp3) is 0.636. The molecule has 0 saturated heterocycles. The average molecular weight is 285 g/mol. The van der Waals surface area contributed by atoms with Gasteiger partial charge in [0.25, 0.3) is 0 Å². The Hall–Kier alpha value is -0.680. The lowest BCUT2D eigenvalue weighted by molar-refractivity contribution is 0.471. The highest BCUT2D eigenvalue weighted by Gasteiger charge is 2.30. The van der Waals surface area contributed by atoms with Gasteiger partial charge in [0.2, 0.25) is 0 Å². The van der Waals surface area contributed by atoms with E-state index in [-0.39, 0.29) is 0 Å². The van der Waals surface area contributed by atoms with Gasteiger partial charge in [-0.2, -0.15) is 0 Å². The molecule has 1 saturated carbocycles. The molecule has 1 aliphatic carbocycles. The van der Waals surface area contributed by atoms with Crippen LogP contribution in [0, 0.1) is 5.92 Å². The summed E-state index contributed by atoms with van der Waals surface area (Å²) in [7, 11) is 2.09. The zero-order chi connectivity index (χ0) is 11.5. The Bertz CT molecular complexity index is 358. The summed E-state index contributed by atoms with van der Waals surface area (Å²) in [5.41, 5.74) is 5.81. The number of aromatic nitrogens is 2. The van der Waals surface area contributed by atoms with Crippen LogP contribution in [0.5, 0.6) is 0 Å². The van der Waals surface area contributed by atoms with Gasteiger partial charge < -0.3 is 10.6 Å². The van der Waals surface area contributed by atoms with E-state index in [1.807, 2.05) is 0 Å². The summed E-state index contributed by atoms with van der Waals surface area (Å²) >= 11 is 3.49. The highest BCUT2D eigenvalue weighted by molar-refractivity contribution is 9.10. The fourth-order valence-corrected chi connectivity index (χ4v) is 3.03. The van der Waals surface area contributed by atoms with Crippen molar-refractivity contribution in [2.24, 2.45) is 11.7 Å². The molecule has 1 fully saturated rings. The average Bonchev–Trinajstić information content (AvgIpc) is 2.77. The van der Waals surface area contributed by atoms with Gasteiger partial charge in [0, 0.05) is 19.3 Å². The summed E-state index contributed by atoms with van der Waals surface area (Å²) < 4.78 is 0.945. The van der Waals surface area contributed by atoms with Crippen molar-refractivity contribution in [3.05, 3.63) is 17.0 Å². The minimum absolute atomic E-state index is 0.510. The first kappa shape index (κ1) is 11.8. The Balaban J connectivity index is 2.18. The number of halogens is 1. The second kappa shape index (κ2) is 5.10. The smallest absolute Gasteiger partial charge is 0.146 e. The van der Waals surface area contributed by atoms with Crippen molar-refractivity contribution in [1.29, 1.82) is 0 Å². The maximum atomic E-state index is 5.81. The highest BCUT2D eigenvalue weighted by atomic mass is 79.9. The van der Waals surface area contributed by atoms with Gasteiger partial charge in [-0.1, -0.05) is 6.42 Å². The zero-order valence-electron chi connectivity index (χ0n) is 9.43. The second-order valence-electron chi connectivity index (χ2n) is 4.30. The van der Waals surface area contributed by atoms with Crippen molar-refractivity contribution in [1.82, 2.24) is 9.97 Å². The standard InChI is InChI=1S/C11H17BrN4/c1-16(10-4-2-3-8(10)5-13)11-9(12)6-14-7-15-11/h6-8,10H,2-5,13H2,1H3. The van der Waals surface area contributed by atoms with Crippen LogP contribution in [-0.4, -0.2) is 29.6 Å². The van der Waals surface area contributed by atoms with Gasteiger partial charge in [-0.3, -0.25) is 0 Å². The molecule has 5 heteroatoms. The van der Waals surface area contributed by atoms with Crippen molar-refractivity contribution in [3.8, 4) is 0 Å². The van der Waals surface area contributed by atoms with Crippen LogP contribution in [0.4, 0.5) is 5.82 Å². The zero-order valence-corrected chi connectivity index (χ0v) is 11.0. The van der Waals surface area contributed by atoms with Gasteiger partial charge in [0.1, 0.15) is 12.1 Å². The Morgan fingerprint density at radius 3 is 3.06 bits per heavy atom. The first-order valence-corrected chi connectivity index (χ1v) is 6.41. The molecule has 88 valence electrons. The summed E-state index contributed by atoms with van der Waals surface area (Å²) in [6.45, 7) is 0.762. The molecule has 0 aliphatic heterocycles. The number of anilines is 1. The quantitative estimate of drug-likeness (QED) is 0.920. The Morgan fingerprint density at radius 2 is 2.38 bits per heavy atom. The van der Waals surface area contributed by atoms with E-state index in [0.29, 0.717) is 12.0 Å². The maximum absolute atomic E-state index is 5.81. The van der Waals surface area contributed by atoms with Crippen LogP contribution in [-0.2, 0) is 0 Å². The second-order valence-corrected chi connectivity index (χ2v) is 5.15. The topological polar surface area (TPSA) is 55.0 Å². The molecule has 2 atom stereocenters. The van der Waals surface area contributed by atoms with Crippen molar-refractivity contribution >= 4 is 21.7 Å². The van der Waals surface area contributed by atoms with E-state index in [0.717, 1.165) is 16.8 Å². The number of hydrogen-bond acceptors (Lipinski definition) is 4. The third kappa shape index (κ3) is 2.20. The van der Waals surface area contributed by atoms with Crippen LogP contribution >= 0.6 is 15.9 Å². The van der Waals surface area contributed by atoms with Crippen molar-refractivity contribution in [2.75, 3.05) is 18.5 Å². The molecule has 2 N–H and O–H groups in total. The van der Waals surface area contributed by atoms with E-state index in [2.05, 4.69) is 37.8 Å². The third-order valence-corrected chi connectivity index (χ3v) is 3.96. The molecule has 0 amide bonds. The van der Waals surface area contributed by atoms with Gasteiger partial charge in [-0.15, -0.1) is 0 Å². The molecule has 0 aromatic carbocycles. The molecule has 4 nitrogen and oxygen atoms in total. The van der Waals surface area contributed by atoms with E-state index in [1.54, 1.807) is 12.5 Å². The molecule has 2 unspecified atom stereocenters. The first-order valence-electron chi connectivity index (χ1n) is 5.62. The molecule has 16 heavy (non-hydrogen) atoms. The number of nitrogens with zero attached hydrogens (tertiary/aromatic N) is 3. The van der Waals surface area contributed by atoms with Crippen LogP contribution in [0.2, 0.25) is 0 Å². The van der Waals surface area contributed by atoms with E-state index >= 15 is 0 Å². The minimum atomic E-state index is 0.510. The van der Waals surface area contributed by atoms with Crippen molar-refractivity contribution in [2.45, 2.75) is 25.3 Å². The predicted molar refractivity (Wildman–Crippen MR) is 68.3 cm³/mol. The first-order chi connectivity index (χ1) is 7.74. The molecule has 0 bridgehead atoms. The molecule has 1 aliphatic rings. The van der Waals surface area contributed by atoms with Gasteiger partial charge >= 0.3 is 0 Å². The lowest BCUT2D eigenvalue weighted by atomic mass is 10.0. The molecule has 1 aromatic rings. The SMILES string of the molecule is CN(c1ncncc1Br)C1CCCC1CN. The Kier molecular flexibility index (Phi) is 3.76. The Morgan fingerprint density at radius 1 is 1.56 bits per heavy atom.